The highest BCUT2D eigenvalue weighted by Crippen LogP contribution is 2.38. The van der Waals surface area contributed by atoms with Gasteiger partial charge in [0.15, 0.2) is 6.17 Å². The van der Waals surface area contributed by atoms with Crippen molar-refractivity contribution < 1.29 is 32.3 Å². The minimum absolute atomic E-state index is 0.144. The fraction of sp³-hybridized carbons (Fsp3) is 0.609. The van der Waals surface area contributed by atoms with Gasteiger partial charge in [-0.3, -0.25) is 14.4 Å². The Morgan fingerprint density at radius 3 is 2.63 bits per heavy atom. The molecule has 4 atom stereocenters. The molecule has 8 nitrogen and oxygen atoms in total. The number of benzene rings is 1. The van der Waals surface area contributed by atoms with Gasteiger partial charge in [-0.2, -0.15) is 0 Å². The maximum atomic E-state index is 14.4. The quantitative estimate of drug-likeness (QED) is 0.577. The first-order valence-corrected chi connectivity index (χ1v) is 12.4. The SMILES string of the molecule is CC1CC(C(=O)N[C@@H]2CCN(c3c(C(=O)N4CCOCC4)cc(Br)cc3C(F)F)C2)C(F)C(=O)N1. The molecule has 3 aliphatic rings. The van der Waals surface area contributed by atoms with Crippen LogP contribution in [0.3, 0.4) is 0 Å². The van der Waals surface area contributed by atoms with E-state index in [4.69, 9.17) is 4.74 Å². The average molecular weight is 561 g/mol. The molecule has 3 aliphatic heterocycles. The van der Waals surface area contributed by atoms with Crippen LogP contribution in [0.15, 0.2) is 16.6 Å². The van der Waals surface area contributed by atoms with Crippen molar-refractivity contribution in [3.63, 3.8) is 0 Å². The number of alkyl halides is 3. The van der Waals surface area contributed by atoms with Crippen molar-refractivity contribution in [2.45, 2.75) is 44.4 Å². The van der Waals surface area contributed by atoms with Crippen LogP contribution >= 0.6 is 15.9 Å². The minimum Gasteiger partial charge on any atom is -0.378 e. The Labute approximate surface area is 209 Å². The van der Waals surface area contributed by atoms with Crippen LogP contribution in [0.4, 0.5) is 18.9 Å². The summed E-state index contributed by atoms with van der Waals surface area (Å²) in [6.45, 7) is 3.70. The number of hydrogen-bond donors (Lipinski definition) is 2. The van der Waals surface area contributed by atoms with Gasteiger partial charge in [0.05, 0.1) is 30.4 Å². The zero-order valence-electron chi connectivity index (χ0n) is 19.2. The Morgan fingerprint density at radius 2 is 1.94 bits per heavy atom. The number of nitrogens with one attached hydrogen (secondary N) is 2. The smallest absolute Gasteiger partial charge is 0.265 e. The van der Waals surface area contributed by atoms with E-state index in [-0.39, 0.29) is 41.7 Å². The Bertz CT molecular complexity index is 992. The molecular formula is C23H28BrF3N4O4. The number of halogens is 4. The molecule has 1 aromatic carbocycles. The number of rotatable bonds is 5. The van der Waals surface area contributed by atoms with Crippen LogP contribution in [-0.2, 0) is 14.3 Å². The van der Waals surface area contributed by atoms with Crippen molar-refractivity contribution in [2.24, 2.45) is 5.92 Å². The van der Waals surface area contributed by atoms with Crippen LogP contribution in [-0.4, -0.2) is 80.3 Å². The van der Waals surface area contributed by atoms with E-state index >= 15 is 0 Å². The average Bonchev–Trinajstić information content (AvgIpc) is 3.28. The highest BCUT2D eigenvalue weighted by atomic mass is 79.9. The van der Waals surface area contributed by atoms with Crippen molar-refractivity contribution in [2.75, 3.05) is 44.3 Å². The molecule has 3 amide bonds. The first-order chi connectivity index (χ1) is 16.7. The third-order valence-corrected chi connectivity index (χ3v) is 7.11. The first-order valence-electron chi connectivity index (χ1n) is 11.6. The summed E-state index contributed by atoms with van der Waals surface area (Å²) < 4.78 is 48.2. The van der Waals surface area contributed by atoms with Gasteiger partial charge in [0, 0.05) is 48.3 Å². The molecule has 3 fully saturated rings. The van der Waals surface area contributed by atoms with Crippen molar-refractivity contribution in [3.05, 3.63) is 27.7 Å². The number of morpholine rings is 1. The molecule has 12 heteroatoms. The Kier molecular flexibility index (Phi) is 7.89. The van der Waals surface area contributed by atoms with E-state index in [1.807, 2.05) is 0 Å². The van der Waals surface area contributed by atoms with E-state index in [1.165, 1.54) is 6.07 Å². The molecule has 0 aliphatic carbocycles. The predicted octanol–water partition coefficient (Wildman–Crippen LogP) is 2.42. The Balaban J connectivity index is 1.54. The Hall–Kier alpha value is -2.34. The summed E-state index contributed by atoms with van der Waals surface area (Å²) in [5.74, 6) is -2.84. The summed E-state index contributed by atoms with van der Waals surface area (Å²) in [5, 5.41) is 5.26. The summed E-state index contributed by atoms with van der Waals surface area (Å²) in [6.07, 6.45) is -4.14. The molecule has 0 aromatic heterocycles. The molecule has 192 valence electrons. The van der Waals surface area contributed by atoms with Gasteiger partial charge in [0.1, 0.15) is 0 Å². The summed E-state index contributed by atoms with van der Waals surface area (Å²) in [4.78, 5) is 41.1. The fourth-order valence-corrected chi connectivity index (χ4v) is 5.41. The van der Waals surface area contributed by atoms with Crippen LogP contribution in [0, 0.1) is 5.92 Å². The number of amides is 3. The molecule has 0 saturated carbocycles. The second-order valence-electron chi connectivity index (χ2n) is 9.19. The monoisotopic (exact) mass is 560 g/mol. The molecular weight excluding hydrogens is 533 g/mol. The largest absolute Gasteiger partial charge is 0.378 e. The molecule has 0 bridgehead atoms. The van der Waals surface area contributed by atoms with E-state index in [1.54, 1.807) is 22.8 Å². The zero-order chi connectivity index (χ0) is 25.3. The topological polar surface area (TPSA) is 91.0 Å². The number of ether oxygens (including phenoxy) is 1. The first kappa shape index (κ1) is 25.7. The molecule has 0 spiro atoms. The number of carbonyl (C=O) groups is 3. The maximum Gasteiger partial charge on any atom is 0.265 e. The lowest BCUT2D eigenvalue weighted by molar-refractivity contribution is -0.140. The van der Waals surface area contributed by atoms with Gasteiger partial charge >= 0.3 is 0 Å². The normalized spacial score (nSPS) is 27.2. The van der Waals surface area contributed by atoms with E-state index < -0.39 is 36.4 Å². The molecule has 1 aromatic rings. The van der Waals surface area contributed by atoms with Gasteiger partial charge in [-0.15, -0.1) is 0 Å². The third-order valence-electron chi connectivity index (χ3n) is 6.66. The Morgan fingerprint density at radius 1 is 1.23 bits per heavy atom. The maximum absolute atomic E-state index is 14.4. The number of piperidine rings is 1. The fourth-order valence-electron chi connectivity index (χ4n) is 4.93. The van der Waals surface area contributed by atoms with Crippen LogP contribution in [0.25, 0.3) is 0 Å². The number of nitrogens with zero attached hydrogens (tertiary/aromatic N) is 2. The zero-order valence-corrected chi connectivity index (χ0v) is 20.8. The van der Waals surface area contributed by atoms with Crippen LogP contribution in [0.2, 0.25) is 0 Å². The summed E-state index contributed by atoms with van der Waals surface area (Å²) >= 11 is 3.25. The van der Waals surface area contributed by atoms with Crippen LogP contribution in [0.1, 0.15) is 42.1 Å². The highest BCUT2D eigenvalue weighted by Gasteiger charge is 2.41. The lowest BCUT2D eigenvalue weighted by atomic mass is 9.90. The molecule has 3 heterocycles. The molecule has 4 rings (SSSR count). The molecule has 35 heavy (non-hydrogen) atoms. The second kappa shape index (κ2) is 10.7. The number of anilines is 1. The van der Waals surface area contributed by atoms with E-state index in [2.05, 4.69) is 26.6 Å². The number of carbonyl (C=O) groups excluding carboxylic acids is 3. The van der Waals surface area contributed by atoms with Gasteiger partial charge in [0.2, 0.25) is 5.91 Å². The highest BCUT2D eigenvalue weighted by molar-refractivity contribution is 9.10. The van der Waals surface area contributed by atoms with Gasteiger partial charge in [0.25, 0.3) is 18.2 Å². The summed E-state index contributed by atoms with van der Waals surface area (Å²) in [6, 6.07) is 2.09. The van der Waals surface area contributed by atoms with Crippen LogP contribution in [0.5, 0.6) is 0 Å². The van der Waals surface area contributed by atoms with E-state index in [9.17, 15) is 27.6 Å². The third kappa shape index (κ3) is 5.58. The molecule has 0 radical (unpaired) electrons. The molecule has 3 unspecified atom stereocenters. The van der Waals surface area contributed by atoms with E-state index in [0.29, 0.717) is 43.7 Å². The van der Waals surface area contributed by atoms with Gasteiger partial charge in [-0.25, -0.2) is 13.2 Å². The predicted molar refractivity (Wildman–Crippen MR) is 125 cm³/mol. The lowest BCUT2D eigenvalue weighted by Gasteiger charge is -2.31. The summed E-state index contributed by atoms with van der Waals surface area (Å²) in [7, 11) is 0. The number of hydrogen-bond acceptors (Lipinski definition) is 5. The van der Waals surface area contributed by atoms with Gasteiger partial charge in [-0.05, 0) is 31.9 Å². The lowest BCUT2D eigenvalue weighted by Crippen LogP contribution is -2.54. The van der Waals surface area contributed by atoms with Crippen LogP contribution < -0.4 is 15.5 Å². The minimum atomic E-state index is -2.82. The second-order valence-corrected chi connectivity index (χ2v) is 10.1. The van der Waals surface area contributed by atoms with Crippen molar-refractivity contribution >= 4 is 39.3 Å². The van der Waals surface area contributed by atoms with Gasteiger partial charge < -0.3 is 25.2 Å². The van der Waals surface area contributed by atoms with Crippen molar-refractivity contribution in [1.82, 2.24) is 15.5 Å². The van der Waals surface area contributed by atoms with Crippen molar-refractivity contribution in [1.29, 1.82) is 0 Å². The van der Waals surface area contributed by atoms with Gasteiger partial charge in [-0.1, -0.05) is 15.9 Å². The molecule has 3 saturated heterocycles. The van der Waals surface area contributed by atoms with E-state index in [0.717, 1.165) is 0 Å². The standard InChI is InChI=1S/C23H28BrF3N4O4/c1-12-8-15(18(25)22(33)28-12)21(32)29-14-2-3-31(11-14)19-16(20(26)27)9-13(24)10-17(19)23(34)30-4-6-35-7-5-30/h9-10,12,14-15,18,20H,2-8,11H2,1H3,(H,28,33)(H,29,32)/t12?,14-,15?,18?/m1/s1. The summed E-state index contributed by atoms with van der Waals surface area (Å²) in [5.41, 5.74) is 0.0279. The van der Waals surface area contributed by atoms with Crippen molar-refractivity contribution in [3.8, 4) is 0 Å². The molecule has 2 N–H and O–H groups in total.